The molecule has 1 N–H and O–H groups in total. The lowest BCUT2D eigenvalue weighted by Gasteiger charge is -2.00. The molecule has 6 heteroatoms. The first kappa shape index (κ1) is 13.7. The Bertz CT molecular complexity index is 379. The summed E-state index contributed by atoms with van der Waals surface area (Å²) in [5.41, 5.74) is -0.495. The Hall–Kier alpha value is -1.33. The van der Waals surface area contributed by atoms with E-state index in [4.69, 9.17) is 5.11 Å². The summed E-state index contributed by atoms with van der Waals surface area (Å²) in [5.74, 6) is -4.18. The van der Waals surface area contributed by atoms with Gasteiger partial charge in [0.15, 0.2) is 0 Å². The molecule has 0 unspecified atom stereocenters. The molecule has 1 rings (SSSR count). The maximum absolute atomic E-state index is 12.4. The van der Waals surface area contributed by atoms with Gasteiger partial charge in [-0.15, -0.1) is 0 Å². The normalized spacial score (nSPS) is 28.5. The van der Waals surface area contributed by atoms with Crippen molar-refractivity contribution in [2.45, 2.75) is 20.0 Å². The first-order valence-corrected chi connectivity index (χ1v) is 4.92. The van der Waals surface area contributed by atoms with Crippen molar-refractivity contribution < 1.29 is 27.5 Å². The molecule has 0 radical (unpaired) electrons. The zero-order valence-electron chi connectivity index (χ0n) is 9.25. The molecule has 1 fully saturated rings. The minimum atomic E-state index is -4.99. The van der Waals surface area contributed by atoms with E-state index in [2.05, 4.69) is 0 Å². The monoisotopic (exact) mass is 252 g/mol. The van der Waals surface area contributed by atoms with Crippen LogP contribution in [0.2, 0.25) is 0 Å². The summed E-state index contributed by atoms with van der Waals surface area (Å²) in [6.45, 7) is 3.40. The highest BCUT2D eigenvalue weighted by atomic mass is 19.4. The Balaban J connectivity index is 2.67. The first-order chi connectivity index (χ1) is 7.58. The van der Waals surface area contributed by atoms with Crippen LogP contribution in [0.25, 0.3) is 0 Å². The van der Waals surface area contributed by atoms with Crippen molar-refractivity contribution in [2.75, 3.05) is 0 Å². The van der Waals surface area contributed by atoms with Crippen LogP contribution in [0.5, 0.6) is 0 Å². The van der Waals surface area contributed by atoms with Gasteiger partial charge in [-0.05, 0) is 17.4 Å². The van der Waals surface area contributed by atoms with Gasteiger partial charge in [0.2, 0.25) is 5.83 Å². The molecule has 0 amide bonds. The van der Waals surface area contributed by atoms with Crippen LogP contribution >= 0.6 is 0 Å². The lowest BCUT2D eigenvalue weighted by atomic mass is 10.1. The summed E-state index contributed by atoms with van der Waals surface area (Å²) < 4.78 is 47.7. The number of allylic oxidation sites excluding steroid dienone is 4. The highest BCUT2D eigenvalue weighted by Crippen LogP contribution is 2.59. The van der Waals surface area contributed by atoms with Crippen molar-refractivity contribution in [1.82, 2.24) is 0 Å². The van der Waals surface area contributed by atoms with Gasteiger partial charge in [-0.25, -0.2) is 4.39 Å². The van der Waals surface area contributed by atoms with E-state index in [1.165, 1.54) is 6.08 Å². The molecule has 0 aromatic rings. The van der Waals surface area contributed by atoms with E-state index in [-0.39, 0.29) is 5.92 Å². The molecule has 0 aromatic heterocycles. The predicted molar refractivity (Wildman–Crippen MR) is 52.8 cm³/mol. The van der Waals surface area contributed by atoms with Gasteiger partial charge in [0.05, 0.1) is 5.92 Å². The summed E-state index contributed by atoms with van der Waals surface area (Å²) >= 11 is 0. The third kappa shape index (κ3) is 2.87. The lowest BCUT2D eigenvalue weighted by Crippen LogP contribution is -2.07. The van der Waals surface area contributed by atoms with Gasteiger partial charge in [-0.1, -0.05) is 26.0 Å². The van der Waals surface area contributed by atoms with E-state index in [9.17, 15) is 22.4 Å². The quantitative estimate of drug-likeness (QED) is 0.618. The van der Waals surface area contributed by atoms with E-state index >= 15 is 0 Å². The number of rotatable bonds is 3. The Morgan fingerprint density at radius 2 is 1.88 bits per heavy atom. The minimum Gasteiger partial charge on any atom is -0.481 e. The molecular formula is C11H12F4O2. The van der Waals surface area contributed by atoms with Crippen LogP contribution < -0.4 is 0 Å². The lowest BCUT2D eigenvalue weighted by molar-refractivity contribution is -0.139. The van der Waals surface area contributed by atoms with Crippen molar-refractivity contribution in [3.8, 4) is 0 Å². The molecule has 0 aromatic carbocycles. The molecule has 0 bridgehead atoms. The number of carboxylic acid groups (broad SMARTS) is 1. The van der Waals surface area contributed by atoms with Crippen LogP contribution in [0.4, 0.5) is 17.6 Å². The van der Waals surface area contributed by atoms with Crippen molar-refractivity contribution in [3.05, 3.63) is 24.1 Å². The highest BCUT2D eigenvalue weighted by molar-refractivity contribution is 5.76. The Kier molecular flexibility index (Phi) is 3.36. The first-order valence-electron chi connectivity index (χ1n) is 4.92. The Morgan fingerprint density at radius 3 is 2.24 bits per heavy atom. The fourth-order valence-electron chi connectivity index (χ4n) is 1.86. The molecule has 2 atom stereocenters. The van der Waals surface area contributed by atoms with Gasteiger partial charge in [-0.3, -0.25) is 4.79 Å². The van der Waals surface area contributed by atoms with E-state index in [0.29, 0.717) is 6.08 Å². The van der Waals surface area contributed by atoms with Crippen molar-refractivity contribution in [3.63, 3.8) is 0 Å². The third-order valence-electron chi connectivity index (χ3n) is 3.01. The predicted octanol–water partition coefficient (Wildman–Crippen LogP) is 3.32. The van der Waals surface area contributed by atoms with Crippen LogP contribution in [-0.4, -0.2) is 17.3 Å². The third-order valence-corrected chi connectivity index (χ3v) is 3.01. The zero-order valence-corrected chi connectivity index (χ0v) is 9.25. The van der Waals surface area contributed by atoms with Gasteiger partial charge in [0.25, 0.3) is 0 Å². The summed E-state index contributed by atoms with van der Waals surface area (Å²) in [5, 5.41) is 8.79. The number of carboxylic acids is 1. The van der Waals surface area contributed by atoms with E-state index < -0.39 is 29.3 Å². The maximum atomic E-state index is 12.4. The molecule has 2 nitrogen and oxygen atoms in total. The van der Waals surface area contributed by atoms with Crippen LogP contribution in [0.3, 0.4) is 0 Å². The van der Waals surface area contributed by atoms with E-state index in [0.717, 1.165) is 6.08 Å². The van der Waals surface area contributed by atoms with Gasteiger partial charge in [0.1, 0.15) is 0 Å². The number of alkyl halides is 3. The molecule has 0 aliphatic heterocycles. The Morgan fingerprint density at radius 1 is 1.35 bits per heavy atom. The van der Waals surface area contributed by atoms with Crippen molar-refractivity contribution >= 4 is 5.97 Å². The highest BCUT2D eigenvalue weighted by Gasteiger charge is 2.60. The number of aliphatic carboxylic acids is 1. The SMILES string of the molecule is CC1(C)[C@H](C=CC=C(F)C(F)(F)F)[C@H]1C(=O)O. The van der Waals surface area contributed by atoms with Crippen LogP contribution in [-0.2, 0) is 4.79 Å². The van der Waals surface area contributed by atoms with Crippen LogP contribution in [0.1, 0.15) is 13.8 Å². The second-order valence-electron chi connectivity index (χ2n) is 4.56. The largest absolute Gasteiger partial charge is 0.481 e. The smallest absolute Gasteiger partial charge is 0.442 e. The second kappa shape index (κ2) is 4.16. The average molecular weight is 252 g/mol. The van der Waals surface area contributed by atoms with Crippen molar-refractivity contribution in [2.24, 2.45) is 17.3 Å². The zero-order chi connectivity index (χ0) is 13.4. The second-order valence-corrected chi connectivity index (χ2v) is 4.56. The molecule has 1 saturated carbocycles. The molecule has 17 heavy (non-hydrogen) atoms. The summed E-state index contributed by atoms with van der Waals surface area (Å²) in [4.78, 5) is 10.7. The van der Waals surface area contributed by atoms with Crippen LogP contribution in [0.15, 0.2) is 24.1 Å². The molecule has 96 valence electrons. The van der Waals surface area contributed by atoms with Crippen LogP contribution in [0, 0.1) is 17.3 Å². The van der Waals surface area contributed by atoms with Gasteiger partial charge in [-0.2, -0.15) is 13.2 Å². The molecule has 0 saturated heterocycles. The maximum Gasteiger partial charge on any atom is 0.442 e. The van der Waals surface area contributed by atoms with E-state index in [1.54, 1.807) is 13.8 Å². The molecule has 0 spiro atoms. The minimum absolute atomic E-state index is 0.299. The Labute approximate surface area is 95.6 Å². The number of halogens is 4. The summed E-state index contributed by atoms with van der Waals surface area (Å²) in [6, 6.07) is 0. The fourth-order valence-corrected chi connectivity index (χ4v) is 1.86. The molecule has 0 heterocycles. The molecular weight excluding hydrogens is 240 g/mol. The molecule has 1 aliphatic carbocycles. The number of hydrogen-bond donors (Lipinski definition) is 1. The summed E-state index contributed by atoms with van der Waals surface area (Å²) in [7, 11) is 0. The number of carbonyl (C=O) groups is 1. The topological polar surface area (TPSA) is 37.3 Å². The van der Waals surface area contributed by atoms with Gasteiger partial charge < -0.3 is 5.11 Å². The fraction of sp³-hybridized carbons (Fsp3) is 0.545. The van der Waals surface area contributed by atoms with Gasteiger partial charge >= 0.3 is 12.1 Å². The van der Waals surface area contributed by atoms with Crippen molar-refractivity contribution in [1.29, 1.82) is 0 Å². The van der Waals surface area contributed by atoms with Gasteiger partial charge in [0, 0.05) is 0 Å². The van der Waals surface area contributed by atoms with E-state index in [1.807, 2.05) is 0 Å². The molecule has 1 aliphatic rings. The number of hydrogen-bond acceptors (Lipinski definition) is 1. The standard InChI is InChI=1S/C11H12F4O2/c1-10(2)6(8(10)9(16)17)4-3-5-7(12)11(13,14)15/h3-6,8H,1-2H3,(H,16,17)/t6-,8+/m1/s1. The average Bonchev–Trinajstić information content (AvgIpc) is 2.66. The summed E-state index contributed by atoms with van der Waals surface area (Å²) in [6.07, 6.45) is -2.48.